The van der Waals surface area contributed by atoms with Crippen LogP contribution >= 0.6 is 0 Å². The predicted molar refractivity (Wildman–Crippen MR) is 63.9 cm³/mol. The van der Waals surface area contributed by atoms with Crippen molar-refractivity contribution in [3.63, 3.8) is 0 Å². The van der Waals surface area contributed by atoms with E-state index in [0.717, 1.165) is 0 Å². The van der Waals surface area contributed by atoms with Crippen LogP contribution in [0.1, 0.15) is 31.5 Å². The highest BCUT2D eigenvalue weighted by atomic mass is 16.5. The molecule has 1 aliphatic rings. The molecule has 3 atom stereocenters. The van der Waals surface area contributed by atoms with Gasteiger partial charge in [-0.2, -0.15) is 4.98 Å². The summed E-state index contributed by atoms with van der Waals surface area (Å²) in [4.78, 5) is 27.1. The third kappa shape index (κ3) is 3.10. The first-order valence-electron chi connectivity index (χ1n) is 6.27. The molecule has 1 fully saturated rings. The second-order valence-electron chi connectivity index (χ2n) is 5.08. The van der Waals surface area contributed by atoms with Crippen LogP contribution in [0.25, 0.3) is 0 Å². The van der Waals surface area contributed by atoms with Crippen LogP contribution in [0, 0.1) is 24.7 Å². The van der Waals surface area contributed by atoms with Gasteiger partial charge in [0.15, 0.2) is 5.82 Å². The van der Waals surface area contributed by atoms with E-state index >= 15 is 0 Å². The van der Waals surface area contributed by atoms with Crippen LogP contribution in [0.3, 0.4) is 0 Å². The Morgan fingerprint density at radius 2 is 2.11 bits per heavy atom. The molecule has 0 aromatic carbocycles. The molecule has 104 valence electrons. The number of carbonyl (C=O) groups excluding carboxylic acids is 1. The molecule has 1 aliphatic carbocycles. The topological polar surface area (TPSA) is 105 Å². The average Bonchev–Trinajstić information content (AvgIpc) is 2.92. The van der Waals surface area contributed by atoms with Gasteiger partial charge in [0.2, 0.25) is 11.8 Å². The molecule has 0 radical (unpaired) electrons. The maximum atomic E-state index is 12.0. The second-order valence-corrected chi connectivity index (χ2v) is 5.08. The molecular formula is C12H17N3O4. The van der Waals surface area contributed by atoms with Crippen molar-refractivity contribution in [2.45, 2.75) is 33.2 Å². The van der Waals surface area contributed by atoms with Gasteiger partial charge in [0.25, 0.3) is 0 Å². The SMILES string of the molecule is Cc1noc(CNC(=O)[C@H]2CC(C)C[C@H]2C(=O)O)n1. The van der Waals surface area contributed by atoms with Gasteiger partial charge < -0.3 is 14.9 Å². The van der Waals surface area contributed by atoms with Crippen LogP contribution in [0.4, 0.5) is 0 Å². The minimum Gasteiger partial charge on any atom is -0.481 e. The second kappa shape index (κ2) is 5.38. The van der Waals surface area contributed by atoms with Crippen molar-refractivity contribution >= 4 is 11.9 Å². The van der Waals surface area contributed by atoms with Crippen molar-refractivity contribution in [3.8, 4) is 0 Å². The number of nitrogens with one attached hydrogen (secondary N) is 1. The van der Waals surface area contributed by atoms with Crippen LogP contribution in [0.15, 0.2) is 4.52 Å². The molecule has 1 amide bonds. The Hall–Kier alpha value is -1.92. The molecule has 2 N–H and O–H groups in total. The summed E-state index contributed by atoms with van der Waals surface area (Å²) in [6.07, 6.45) is 1.15. The van der Waals surface area contributed by atoms with Crippen molar-refractivity contribution in [1.82, 2.24) is 15.5 Å². The Balaban J connectivity index is 1.93. The molecule has 1 saturated carbocycles. The van der Waals surface area contributed by atoms with Crippen molar-refractivity contribution in [1.29, 1.82) is 0 Å². The Bertz CT molecular complexity index is 485. The van der Waals surface area contributed by atoms with Gasteiger partial charge in [0.05, 0.1) is 18.4 Å². The minimum absolute atomic E-state index is 0.136. The number of carboxylic acid groups (broad SMARTS) is 1. The van der Waals surface area contributed by atoms with E-state index in [1.54, 1.807) is 6.92 Å². The number of rotatable bonds is 4. The zero-order valence-electron chi connectivity index (χ0n) is 10.9. The lowest BCUT2D eigenvalue weighted by atomic mass is 9.95. The molecular weight excluding hydrogens is 250 g/mol. The van der Waals surface area contributed by atoms with E-state index in [1.807, 2.05) is 6.92 Å². The zero-order valence-corrected chi connectivity index (χ0v) is 10.9. The highest BCUT2D eigenvalue weighted by Crippen LogP contribution is 2.36. The normalized spacial score (nSPS) is 26.3. The van der Waals surface area contributed by atoms with E-state index in [2.05, 4.69) is 15.5 Å². The summed E-state index contributed by atoms with van der Waals surface area (Å²) in [5, 5.41) is 15.4. The molecule has 1 heterocycles. The average molecular weight is 267 g/mol. The predicted octanol–water partition coefficient (Wildman–Crippen LogP) is 0.741. The number of aromatic nitrogens is 2. The quantitative estimate of drug-likeness (QED) is 0.833. The Morgan fingerprint density at radius 3 is 2.68 bits per heavy atom. The molecule has 1 aromatic heterocycles. The first-order chi connectivity index (χ1) is 8.97. The summed E-state index contributed by atoms with van der Waals surface area (Å²) in [5.41, 5.74) is 0. The fourth-order valence-electron chi connectivity index (χ4n) is 2.56. The highest BCUT2D eigenvalue weighted by molar-refractivity contribution is 5.85. The number of carbonyl (C=O) groups is 2. The third-order valence-corrected chi connectivity index (χ3v) is 3.44. The highest BCUT2D eigenvalue weighted by Gasteiger charge is 2.41. The molecule has 0 spiro atoms. The summed E-state index contributed by atoms with van der Waals surface area (Å²) < 4.78 is 4.88. The van der Waals surface area contributed by atoms with E-state index in [9.17, 15) is 9.59 Å². The standard InChI is InChI=1S/C12H17N3O4/c1-6-3-8(9(4-6)12(17)18)11(16)13-5-10-14-7(2)15-19-10/h6,8-9H,3-5H2,1-2H3,(H,13,16)(H,17,18)/t6?,8-,9+/m0/s1. The van der Waals surface area contributed by atoms with Crippen LogP contribution in [0.5, 0.6) is 0 Å². The van der Waals surface area contributed by atoms with Gasteiger partial charge in [-0.05, 0) is 25.7 Å². The van der Waals surface area contributed by atoms with Crippen molar-refractivity contribution < 1.29 is 19.2 Å². The van der Waals surface area contributed by atoms with Gasteiger partial charge in [0.1, 0.15) is 0 Å². The van der Waals surface area contributed by atoms with E-state index in [0.29, 0.717) is 24.6 Å². The summed E-state index contributed by atoms with van der Waals surface area (Å²) in [6.45, 7) is 3.79. The monoisotopic (exact) mass is 267 g/mol. The summed E-state index contributed by atoms with van der Waals surface area (Å²) in [6, 6.07) is 0. The first-order valence-corrected chi connectivity index (χ1v) is 6.27. The molecule has 0 saturated heterocycles. The van der Waals surface area contributed by atoms with Crippen molar-refractivity contribution in [3.05, 3.63) is 11.7 Å². The third-order valence-electron chi connectivity index (χ3n) is 3.44. The number of hydrogen-bond acceptors (Lipinski definition) is 5. The fourth-order valence-corrected chi connectivity index (χ4v) is 2.56. The van der Waals surface area contributed by atoms with E-state index < -0.39 is 17.8 Å². The maximum absolute atomic E-state index is 12.0. The minimum atomic E-state index is -0.905. The number of aryl methyl sites for hydroxylation is 1. The Morgan fingerprint density at radius 1 is 1.42 bits per heavy atom. The van der Waals surface area contributed by atoms with Gasteiger partial charge in [-0.1, -0.05) is 12.1 Å². The van der Waals surface area contributed by atoms with Gasteiger partial charge >= 0.3 is 5.97 Å². The number of carboxylic acids is 1. The van der Waals surface area contributed by atoms with E-state index in [-0.39, 0.29) is 18.4 Å². The van der Waals surface area contributed by atoms with Crippen molar-refractivity contribution in [2.75, 3.05) is 0 Å². The Kier molecular flexibility index (Phi) is 3.82. The first kappa shape index (κ1) is 13.5. The lowest BCUT2D eigenvalue weighted by molar-refractivity contribution is -0.146. The summed E-state index contributed by atoms with van der Waals surface area (Å²) in [5.74, 6) is -1.16. The van der Waals surface area contributed by atoms with Gasteiger partial charge in [-0.3, -0.25) is 9.59 Å². The zero-order chi connectivity index (χ0) is 14.0. The molecule has 1 aromatic rings. The van der Waals surface area contributed by atoms with E-state index in [1.165, 1.54) is 0 Å². The van der Waals surface area contributed by atoms with Crippen LogP contribution < -0.4 is 5.32 Å². The number of aliphatic carboxylic acids is 1. The molecule has 0 bridgehead atoms. The maximum Gasteiger partial charge on any atom is 0.307 e. The Labute approximate surface area is 110 Å². The van der Waals surface area contributed by atoms with E-state index in [4.69, 9.17) is 9.63 Å². The van der Waals surface area contributed by atoms with Crippen LogP contribution in [-0.4, -0.2) is 27.1 Å². The van der Waals surface area contributed by atoms with Gasteiger partial charge in [-0.25, -0.2) is 0 Å². The van der Waals surface area contributed by atoms with Gasteiger partial charge in [0, 0.05) is 0 Å². The van der Waals surface area contributed by atoms with Crippen LogP contribution in [0.2, 0.25) is 0 Å². The number of amides is 1. The fraction of sp³-hybridized carbons (Fsp3) is 0.667. The van der Waals surface area contributed by atoms with Gasteiger partial charge in [-0.15, -0.1) is 0 Å². The van der Waals surface area contributed by atoms with Crippen molar-refractivity contribution in [2.24, 2.45) is 17.8 Å². The molecule has 2 rings (SSSR count). The molecule has 1 unspecified atom stereocenters. The molecule has 7 heteroatoms. The number of hydrogen-bond donors (Lipinski definition) is 2. The lowest BCUT2D eigenvalue weighted by Gasteiger charge is -2.14. The largest absolute Gasteiger partial charge is 0.481 e. The van der Waals surface area contributed by atoms with Crippen LogP contribution in [-0.2, 0) is 16.1 Å². The molecule has 0 aliphatic heterocycles. The summed E-state index contributed by atoms with van der Waals surface area (Å²) >= 11 is 0. The molecule has 19 heavy (non-hydrogen) atoms. The molecule has 7 nitrogen and oxygen atoms in total. The smallest absolute Gasteiger partial charge is 0.307 e. The number of nitrogens with zero attached hydrogens (tertiary/aromatic N) is 2. The lowest BCUT2D eigenvalue weighted by Crippen LogP contribution is -2.35. The summed E-state index contributed by atoms with van der Waals surface area (Å²) in [7, 11) is 0.